The van der Waals surface area contributed by atoms with E-state index in [1.165, 1.54) is 23.0 Å². The van der Waals surface area contributed by atoms with Crippen LogP contribution in [0.4, 0.5) is 20.6 Å². The van der Waals surface area contributed by atoms with Crippen LogP contribution in [0.15, 0.2) is 18.2 Å². The number of thiocarbonyl (C=S) groups is 1. The molecule has 2 saturated heterocycles. The molecule has 1 atom stereocenters. The molecule has 0 spiro atoms. The summed E-state index contributed by atoms with van der Waals surface area (Å²) in [6.07, 6.45) is -0.0888. The summed E-state index contributed by atoms with van der Waals surface area (Å²) in [5.74, 6) is -0.401. The first-order chi connectivity index (χ1) is 13.3. The van der Waals surface area contributed by atoms with E-state index in [1.807, 2.05) is 4.90 Å². The van der Waals surface area contributed by atoms with Gasteiger partial charge in [0.2, 0.25) is 0 Å². The summed E-state index contributed by atoms with van der Waals surface area (Å²) in [5.41, 5.74) is 6.41. The van der Waals surface area contributed by atoms with Crippen LogP contribution in [0.25, 0.3) is 0 Å². The Kier molecular flexibility index (Phi) is 6.30. The van der Waals surface area contributed by atoms with Crippen LogP contribution in [0, 0.1) is 5.82 Å². The molecule has 8 nitrogen and oxygen atoms in total. The van der Waals surface area contributed by atoms with Crippen molar-refractivity contribution in [2.45, 2.75) is 25.9 Å². The number of hydroxylamine groups is 2. The average molecular weight is 410 g/mol. The number of ether oxygens (including phenoxy) is 1. The monoisotopic (exact) mass is 410 g/mol. The zero-order valence-corrected chi connectivity index (χ0v) is 16.4. The maximum Gasteiger partial charge on any atom is 0.414 e. The van der Waals surface area contributed by atoms with Crippen molar-refractivity contribution in [3.63, 3.8) is 0 Å². The molecule has 0 unspecified atom stereocenters. The molecule has 0 saturated carbocycles. The highest BCUT2D eigenvalue weighted by Crippen LogP contribution is 2.29. The second kappa shape index (κ2) is 8.70. The van der Waals surface area contributed by atoms with E-state index >= 15 is 0 Å². The molecule has 28 heavy (non-hydrogen) atoms. The lowest BCUT2D eigenvalue weighted by atomic mass is 10.1. The van der Waals surface area contributed by atoms with E-state index in [-0.39, 0.29) is 17.0 Å². The number of rotatable bonds is 5. The van der Waals surface area contributed by atoms with Crippen LogP contribution >= 0.6 is 12.2 Å². The summed E-state index contributed by atoms with van der Waals surface area (Å²) in [5, 5.41) is 1.56. The number of hydrogen-bond acceptors (Lipinski definition) is 6. The predicted molar refractivity (Wildman–Crippen MR) is 106 cm³/mol. The molecular weight excluding hydrogens is 387 g/mol. The maximum atomic E-state index is 14.8. The minimum absolute atomic E-state index is 0.0419. The summed E-state index contributed by atoms with van der Waals surface area (Å²) >= 11 is 4.91. The Hall–Kier alpha value is -2.46. The van der Waals surface area contributed by atoms with Gasteiger partial charge < -0.3 is 20.2 Å². The average Bonchev–Trinajstić information content (AvgIpc) is 2.85. The highest BCUT2D eigenvalue weighted by Gasteiger charge is 2.32. The normalized spacial score (nSPS) is 20.1. The standard InChI is InChI=1S/C18H23FN4O4S/c1-12(24)2-4-14-11-22(18(25)27-14)13-3-5-16(15(19)10-13)21-6-7-23(17(20)28)26-9-8-21/h3,5,10,14H,2,4,6-9,11H2,1H3,(H2,20,28)/t14-/m0/s1. The van der Waals surface area contributed by atoms with Crippen LogP contribution in [-0.2, 0) is 14.4 Å². The Balaban J connectivity index is 1.68. The SMILES string of the molecule is CC(=O)CC[C@H]1CN(c2ccc(N3CCON(C(N)=S)CC3)c(F)c2)C(=O)O1. The Morgan fingerprint density at radius 3 is 2.82 bits per heavy atom. The van der Waals surface area contributed by atoms with Crippen molar-refractivity contribution in [3.05, 3.63) is 24.0 Å². The van der Waals surface area contributed by atoms with Crippen molar-refractivity contribution >= 4 is 40.6 Å². The first-order valence-corrected chi connectivity index (χ1v) is 9.48. The molecule has 1 aromatic rings. The van der Waals surface area contributed by atoms with Gasteiger partial charge in [-0.05, 0) is 43.8 Å². The van der Waals surface area contributed by atoms with Crippen LogP contribution in [0.1, 0.15) is 19.8 Å². The van der Waals surface area contributed by atoms with Crippen LogP contribution in [0.5, 0.6) is 0 Å². The predicted octanol–water partition coefficient (Wildman–Crippen LogP) is 1.82. The minimum Gasteiger partial charge on any atom is -0.444 e. The van der Waals surface area contributed by atoms with E-state index in [0.717, 1.165) is 0 Å². The topological polar surface area (TPSA) is 88.3 Å². The summed E-state index contributed by atoms with van der Waals surface area (Å²) in [7, 11) is 0. The van der Waals surface area contributed by atoms with Gasteiger partial charge in [0, 0.05) is 19.5 Å². The van der Waals surface area contributed by atoms with Gasteiger partial charge in [-0.15, -0.1) is 0 Å². The zero-order chi connectivity index (χ0) is 20.3. The van der Waals surface area contributed by atoms with Gasteiger partial charge in [0.15, 0.2) is 5.11 Å². The number of carbonyl (C=O) groups is 2. The van der Waals surface area contributed by atoms with Gasteiger partial charge in [0.05, 0.1) is 31.1 Å². The zero-order valence-electron chi connectivity index (χ0n) is 15.6. The third kappa shape index (κ3) is 4.68. The number of nitrogens with two attached hydrogens (primary N) is 1. The first kappa shape index (κ1) is 20.3. The molecule has 10 heteroatoms. The molecule has 2 aliphatic heterocycles. The largest absolute Gasteiger partial charge is 0.444 e. The molecule has 2 heterocycles. The van der Waals surface area contributed by atoms with Crippen LogP contribution < -0.4 is 15.5 Å². The van der Waals surface area contributed by atoms with Gasteiger partial charge >= 0.3 is 6.09 Å². The van der Waals surface area contributed by atoms with Gasteiger partial charge in [-0.1, -0.05) is 0 Å². The van der Waals surface area contributed by atoms with Crippen LogP contribution in [-0.4, -0.2) is 60.9 Å². The van der Waals surface area contributed by atoms with Crippen LogP contribution in [0.2, 0.25) is 0 Å². The summed E-state index contributed by atoms with van der Waals surface area (Å²) in [4.78, 5) is 31.9. The Morgan fingerprint density at radius 1 is 1.36 bits per heavy atom. The Labute approximate surface area is 167 Å². The lowest BCUT2D eigenvalue weighted by Gasteiger charge is -2.24. The summed E-state index contributed by atoms with van der Waals surface area (Å²) in [6.45, 7) is 3.52. The molecule has 152 valence electrons. The fraction of sp³-hybridized carbons (Fsp3) is 0.500. The highest BCUT2D eigenvalue weighted by molar-refractivity contribution is 7.80. The Morgan fingerprint density at radius 2 is 2.14 bits per heavy atom. The maximum absolute atomic E-state index is 14.8. The van der Waals surface area contributed by atoms with Crippen molar-refractivity contribution in [1.29, 1.82) is 0 Å². The first-order valence-electron chi connectivity index (χ1n) is 9.07. The Bertz CT molecular complexity index is 778. The van der Waals surface area contributed by atoms with E-state index in [1.54, 1.807) is 12.1 Å². The van der Waals surface area contributed by atoms with E-state index in [9.17, 15) is 14.0 Å². The van der Waals surface area contributed by atoms with E-state index in [2.05, 4.69) is 0 Å². The fourth-order valence-corrected chi connectivity index (χ4v) is 3.37. The molecule has 0 radical (unpaired) electrons. The number of hydrogen-bond donors (Lipinski definition) is 1. The number of benzene rings is 1. The molecule has 3 rings (SSSR count). The van der Waals surface area contributed by atoms with Crippen LogP contribution in [0.3, 0.4) is 0 Å². The number of carbonyl (C=O) groups excluding carboxylic acids is 2. The number of anilines is 2. The molecule has 1 amide bonds. The second-order valence-corrected chi connectivity index (χ2v) is 7.17. The van der Waals surface area contributed by atoms with Crippen molar-refractivity contribution < 1.29 is 23.6 Å². The molecule has 0 aromatic heterocycles. The molecule has 2 fully saturated rings. The van der Waals surface area contributed by atoms with Crippen molar-refractivity contribution in [3.8, 4) is 0 Å². The number of cyclic esters (lactones) is 1. The summed E-state index contributed by atoms with van der Waals surface area (Å²) in [6, 6.07) is 4.64. The number of amides is 1. The highest BCUT2D eigenvalue weighted by atomic mass is 32.1. The molecule has 2 aliphatic rings. The minimum atomic E-state index is -0.532. The van der Waals surface area contributed by atoms with Gasteiger partial charge in [0.25, 0.3) is 0 Å². The van der Waals surface area contributed by atoms with Crippen molar-refractivity contribution in [1.82, 2.24) is 5.06 Å². The molecular formula is C18H23FN4O4S. The summed E-state index contributed by atoms with van der Waals surface area (Å²) < 4.78 is 20.1. The number of Topliss-reactive ketones (excluding diaryl/α,β-unsaturated/α-hetero) is 1. The second-order valence-electron chi connectivity index (χ2n) is 6.75. The lowest BCUT2D eigenvalue weighted by molar-refractivity contribution is -0.117. The third-order valence-corrected chi connectivity index (χ3v) is 4.91. The fourth-order valence-electron chi connectivity index (χ4n) is 3.23. The smallest absolute Gasteiger partial charge is 0.414 e. The van der Waals surface area contributed by atoms with Crippen molar-refractivity contribution in [2.75, 3.05) is 42.6 Å². The number of halogens is 1. The quantitative estimate of drug-likeness (QED) is 0.736. The van der Waals surface area contributed by atoms with Gasteiger partial charge in [-0.2, -0.15) is 0 Å². The number of ketones is 1. The van der Waals surface area contributed by atoms with Gasteiger partial charge in [-0.3, -0.25) is 9.74 Å². The molecule has 2 N–H and O–H groups in total. The van der Waals surface area contributed by atoms with E-state index in [0.29, 0.717) is 57.0 Å². The van der Waals surface area contributed by atoms with Crippen molar-refractivity contribution in [2.24, 2.45) is 5.73 Å². The molecule has 0 bridgehead atoms. The van der Waals surface area contributed by atoms with Gasteiger partial charge in [-0.25, -0.2) is 14.2 Å². The molecule has 0 aliphatic carbocycles. The van der Waals surface area contributed by atoms with E-state index < -0.39 is 11.9 Å². The number of nitrogens with zero attached hydrogens (tertiary/aromatic N) is 3. The lowest BCUT2D eigenvalue weighted by Crippen LogP contribution is -2.37. The third-order valence-electron chi connectivity index (χ3n) is 4.70. The van der Waals surface area contributed by atoms with Gasteiger partial charge in [0.1, 0.15) is 17.7 Å². The van der Waals surface area contributed by atoms with E-state index in [4.69, 9.17) is 27.5 Å². The molecule has 1 aromatic carbocycles.